The number of dihydropyridines is 1. The van der Waals surface area contributed by atoms with Crippen LogP contribution in [-0.4, -0.2) is 20.0 Å². The molecule has 0 saturated heterocycles. The number of nitrogens with one attached hydrogen (secondary N) is 1. The van der Waals surface area contributed by atoms with E-state index in [1.807, 2.05) is 0 Å². The molecule has 2 aliphatic heterocycles. The summed E-state index contributed by atoms with van der Waals surface area (Å²) < 4.78 is 39.1. The lowest BCUT2D eigenvalue weighted by Gasteiger charge is -2.33. The molecule has 7 heteroatoms. The van der Waals surface area contributed by atoms with E-state index in [0.29, 0.717) is 36.1 Å². The zero-order valence-corrected chi connectivity index (χ0v) is 14.3. The highest BCUT2D eigenvalue weighted by molar-refractivity contribution is 7.95. The predicted octanol–water partition coefficient (Wildman–Crippen LogP) is 3.20. The first kappa shape index (κ1) is 15.8. The molecule has 2 heterocycles. The maximum Gasteiger partial charge on any atom is 0.177 e. The van der Waals surface area contributed by atoms with Crippen LogP contribution in [0.25, 0.3) is 0 Å². The molecule has 4 rings (SSSR count). The molecular formula is C17H15ClFNO3S. The highest BCUT2D eigenvalue weighted by atomic mass is 35.5. The van der Waals surface area contributed by atoms with Crippen LogP contribution in [0.15, 0.2) is 40.1 Å². The Hall–Kier alpha value is -1.66. The number of hydrogen-bond acceptors (Lipinski definition) is 4. The minimum absolute atomic E-state index is 0.0198. The van der Waals surface area contributed by atoms with Crippen LogP contribution in [0.2, 0.25) is 5.02 Å². The molecule has 0 amide bonds. The maximum absolute atomic E-state index is 14.0. The zero-order chi connectivity index (χ0) is 17.1. The Morgan fingerprint density at radius 3 is 2.71 bits per heavy atom. The van der Waals surface area contributed by atoms with Gasteiger partial charge in [-0.25, -0.2) is 12.8 Å². The fourth-order valence-corrected chi connectivity index (χ4v) is 5.74. The number of carbonyl (C=O) groups is 1. The van der Waals surface area contributed by atoms with Crippen molar-refractivity contribution < 1.29 is 17.6 Å². The maximum atomic E-state index is 14.0. The van der Waals surface area contributed by atoms with Crippen molar-refractivity contribution in [3.63, 3.8) is 0 Å². The predicted molar refractivity (Wildman–Crippen MR) is 88.6 cm³/mol. The van der Waals surface area contributed by atoms with Gasteiger partial charge in [-0.3, -0.25) is 4.79 Å². The quantitative estimate of drug-likeness (QED) is 0.828. The third-order valence-electron chi connectivity index (χ3n) is 4.84. The Balaban J connectivity index is 1.96. The first-order valence-electron chi connectivity index (χ1n) is 7.82. The van der Waals surface area contributed by atoms with Crippen LogP contribution >= 0.6 is 11.6 Å². The molecule has 1 aromatic carbocycles. The van der Waals surface area contributed by atoms with E-state index in [9.17, 15) is 17.6 Å². The topological polar surface area (TPSA) is 63.2 Å². The fraction of sp³-hybridized carbons (Fsp3) is 0.353. The van der Waals surface area contributed by atoms with Crippen LogP contribution in [0.5, 0.6) is 0 Å². The van der Waals surface area contributed by atoms with Gasteiger partial charge in [0.1, 0.15) is 5.82 Å². The van der Waals surface area contributed by atoms with E-state index < -0.39 is 21.6 Å². The number of halogens is 2. The summed E-state index contributed by atoms with van der Waals surface area (Å²) in [7, 11) is -3.47. The lowest BCUT2D eigenvalue weighted by molar-refractivity contribution is -0.116. The minimum atomic E-state index is -3.47. The van der Waals surface area contributed by atoms with Gasteiger partial charge in [0.05, 0.1) is 21.6 Å². The summed E-state index contributed by atoms with van der Waals surface area (Å²) >= 11 is 5.76. The third-order valence-corrected chi connectivity index (χ3v) is 7.04. The van der Waals surface area contributed by atoms with Crippen molar-refractivity contribution >= 4 is 27.2 Å². The van der Waals surface area contributed by atoms with Crippen LogP contribution in [0, 0.1) is 5.82 Å². The Kier molecular flexibility index (Phi) is 3.58. The molecule has 1 unspecified atom stereocenters. The summed E-state index contributed by atoms with van der Waals surface area (Å²) in [6.45, 7) is 0. The van der Waals surface area contributed by atoms with E-state index in [1.54, 1.807) is 6.07 Å². The van der Waals surface area contributed by atoms with Crippen molar-refractivity contribution in [2.24, 2.45) is 0 Å². The van der Waals surface area contributed by atoms with Crippen LogP contribution in [0.3, 0.4) is 0 Å². The SMILES string of the molecule is O=C1CCCC2=C1C(c1ccc(Cl)c(F)c1)C1=C(CCS1(=O)=O)N2. The number of benzene rings is 1. The van der Waals surface area contributed by atoms with E-state index in [-0.39, 0.29) is 21.5 Å². The molecule has 1 N–H and O–H groups in total. The third kappa shape index (κ3) is 2.31. The average Bonchev–Trinajstić information content (AvgIpc) is 2.84. The molecule has 0 spiro atoms. The molecule has 24 heavy (non-hydrogen) atoms. The van der Waals surface area contributed by atoms with E-state index in [2.05, 4.69) is 5.32 Å². The molecule has 1 atom stereocenters. The molecule has 0 bridgehead atoms. The summed E-state index contributed by atoms with van der Waals surface area (Å²) in [5.74, 6) is -1.40. The van der Waals surface area contributed by atoms with Crippen molar-refractivity contribution in [2.45, 2.75) is 31.6 Å². The second kappa shape index (κ2) is 5.43. The van der Waals surface area contributed by atoms with E-state index in [0.717, 1.165) is 12.1 Å². The van der Waals surface area contributed by atoms with Gasteiger partial charge < -0.3 is 5.32 Å². The normalized spacial score (nSPS) is 25.4. The largest absolute Gasteiger partial charge is 0.361 e. The van der Waals surface area contributed by atoms with Crippen molar-refractivity contribution in [2.75, 3.05) is 5.75 Å². The summed E-state index contributed by atoms with van der Waals surface area (Å²) in [4.78, 5) is 12.7. The molecule has 0 fully saturated rings. The monoisotopic (exact) mass is 367 g/mol. The molecular weight excluding hydrogens is 353 g/mol. The highest BCUT2D eigenvalue weighted by Gasteiger charge is 2.44. The Labute approximate surface area is 144 Å². The molecule has 0 radical (unpaired) electrons. The van der Waals surface area contributed by atoms with Gasteiger partial charge >= 0.3 is 0 Å². The Morgan fingerprint density at radius 1 is 1.17 bits per heavy atom. The lowest BCUT2D eigenvalue weighted by atomic mass is 9.79. The van der Waals surface area contributed by atoms with Crippen molar-refractivity contribution in [1.29, 1.82) is 0 Å². The van der Waals surface area contributed by atoms with Gasteiger partial charge in [0, 0.05) is 29.8 Å². The van der Waals surface area contributed by atoms with Gasteiger partial charge in [-0.2, -0.15) is 0 Å². The smallest absolute Gasteiger partial charge is 0.177 e. The summed E-state index contributed by atoms with van der Waals surface area (Å²) in [5, 5.41) is 3.14. The molecule has 4 nitrogen and oxygen atoms in total. The van der Waals surface area contributed by atoms with Crippen molar-refractivity contribution in [3.8, 4) is 0 Å². The number of carbonyl (C=O) groups excluding carboxylic acids is 1. The minimum Gasteiger partial charge on any atom is -0.361 e. The van der Waals surface area contributed by atoms with E-state index >= 15 is 0 Å². The highest BCUT2D eigenvalue weighted by Crippen LogP contribution is 2.47. The molecule has 1 aliphatic carbocycles. The number of rotatable bonds is 1. The number of Topliss-reactive ketones (excluding diaryl/α,β-unsaturated/α-hetero) is 1. The Morgan fingerprint density at radius 2 is 1.96 bits per heavy atom. The van der Waals surface area contributed by atoms with E-state index in [4.69, 9.17) is 11.6 Å². The summed E-state index contributed by atoms with van der Waals surface area (Å²) in [6, 6.07) is 4.25. The van der Waals surface area contributed by atoms with Gasteiger partial charge in [0.15, 0.2) is 15.6 Å². The summed E-state index contributed by atoms with van der Waals surface area (Å²) in [5.41, 5.74) is 2.34. The first-order chi connectivity index (χ1) is 11.4. The second-order valence-electron chi connectivity index (χ2n) is 6.31. The van der Waals surface area contributed by atoms with Gasteiger partial charge in [-0.1, -0.05) is 17.7 Å². The van der Waals surface area contributed by atoms with Gasteiger partial charge in [-0.05, 0) is 30.5 Å². The van der Waals surface area contributed by atoms with E-state index in [1.165, 1.54) is 12.1 Å². The standard InChI is InChI=1S/C17H15ClFNO3S/c18-10-5-4-9(8-11(10)19)15-16-12(2-1-3-14(16)21)20-13-6-7-24(22,23)17(13)15/h4-5,8,15,20H,1-3,6-7H2. The number of sulfone groups is 1. The molecule has 0 saturated carbocycles. The number of hydrogen-bond donors (Lipinski definition) is 1. The molecule has 126 valence electrons. The van der Waals surface area contributed by atoms with Crippen molar-refractivity contribution in [3.05, 3.63) is 56.5 Å². The van der Waals surface area contributed by atoms with Crippen LogP contribution in [0.1, 0.15) is 37.2 Å². The van der Waals surface area contributed by atoms with Crippen LogP contribution in [0.4, 0.5) is 4.39 Å². The van der Waals surface area contributed by atoms with Crippen LogP contribution < -0.4 is 5.32 Å². The number of allylic oxidation sites excluding steroid dienone is 4. The lowest BCUT2D eigenvalue weighted by Crippen LogP contribution is -2.32. The van der Waals surface area contributed by atoms with Gasteiger partial charge in [-0.15, -0.1) is 0 Å². The first-order valence-corrected chi connectivity index (χ1v) is 9.85. The summed E-state index contributed by atoms with van der Waals surface area (Å²) in [6.07, 6.45) is 2.22. The van der Waals surface area contributed by atoms with Crippen LogP contribution in [-0.2, 0) is 14.6 Å². The molecule has 3 aliphatic rings. The zero-order valence-electron chi connectivity index (χ0n) is 12.7. The fourth-order valence-electron chi connectivity index (χ4n) is 3.79. The molecule has 0 aromatic heterocycles. The Bertz CT molecular complexity index is 933. The average molecular weight is 368 g/mol. The molecule has 1 aromatic rings. The van der Waals surface area contributed by atoms with Gasteiger partial charge in [0.2, 0.25) is 0 Å². The second-order valence-corrected chi connectivity index (χ2v) is 8.80. The van der Waals surface area contributed by atoms with Gasteiger partial charge in [0.25, 0.3) is 0 Å². The number of ketones is 1. The van der Waals surface area contributed by atoms with Crippen molar-refractivity contribution in [1.82, 2.24) is 5.32 Å².